The van der Waals surface area contributed by atoms with E-state index in [2.05, 4.69) is 20.2 Å². The molecule has 4 saturated heterocycles. The van der Waals surface area contributed by atoms with Gasteiger partial charge in [-0.2, -0.15) is 9.97 Å². The number of anilines is 2. The fourth-order valence-electron chi connectivity index (χ4n) is 7.57. The fourth-order valence-corrected chi connectivity index (χ4v) is 9.58. The van der Waals surface area contributed by atoms with E-state index in [-0.39, 0.29) is 61.9 Å². The number of halogens is 3. The Balaban J connectivity index is 1.26. The summed E-state index contributed by atoms with van der Waals surface area (Å²) >= 11 is 0.965. The second kappa shape index (κ2) is 10.0. The quantitative estimate of drug-likeness (QED) is 0.437. The van der Waals surface area contributed by atoms with E-state index < -0.39 is 34.3 Å². The van der Waals surface area contributed by atoms with E-state index in [1.165, 1.54) is 23.5 Å². The molecule has 8 rings (SSSR count). The van der Waals surface area contributed by atoms with Crippen LogP contribution in [0.25, 0.3) is 21.7 Å². The molecule has 228 valence electrons. The number of nitrogen functional groups attached to an aromatic ring is 1. The highest BCUT2D eigenvalue weighted by atomic mass is 32.2. The van der Waals surface area contributed by atoms with Gasteiger partial charge in [-0.1, -0.05) is 11.3 Å². The Labute approximate surface area is 252 Å². The van der Waals surface area contributed by atoms with Crippen LogP contribution in [0.3, 0.4) is 0 Å². The van der Waals surface area contributed by atoms with Gasteiger partial charge in [0.2, 0.25) is 0 Å². The summed E-state index contributed by atoms with van der Waals surface area (Å²) in [6, 6.07) is 3.09. The van der Waals surface area contributed by atoms with Gasteiger partial charge in [-0.3, -0.25) is 9.21 Å². The van der Waals surface area contributed by atoms with Crippen molar-refractivity contribution in [2.75, 3.05) is 50.5 Å². The van der Waals surface area contributed by atoms with Crippen molar-refractivity contribution < 1.29 is 22.1 Å². The molecule has 4 unspecified atom stereocenters. The molecule has 0 amide bonds. The van der Waals surface area contributed by atoms with Crippen LogP contribution in [0.4, 0.5) is 24.1 Å². The van der Waals surface area contributed by atoms with E-state index in [1.807, 2.05) is 4.90 Å². The summed E-state index contributed by atoms with van der Waals surface area (Å²) in [7, 11) is -0.383. The smallest absolute Gasteiger partial charge is 0.319 e. The van der Waals surface area contributed by atoms with Gasteiger partial charge in [0.25, 0.3) is 0 Å². The highest BCUT2D eigenvalue weighted by Crippen LogP contribution is 2.46. The summed E-state index contributed by atoms with van der Waals surface area (Å²) < 4.78 is 67.7. The predicted octanol–water partition coefficient (Wildman–Crippen LogP) is 3.47. The maximum atomic E-state index is 16.8. The van der Waals surface area contributed by atoms with Crippen LogP contribution in [0.1, 0.15) is 43.4 Å². The number of thiazole rings is 1. The third-order valence-corrected chi connectivity index (χ3v) is 11.8. The SMILES string of the molecule is CN1C(c2ccc(F)c3sc(N)nc23)=C(F)c2nc(OC[C@@]34CCCN3CC(F)C4)nc(N3CC4CCC(C3)N4)c2S1=O. The number of aromatic nitrogens is 3. The van der Waals surface area contributed by atoms with Gasteiger partial charge < -0.3 is 20.7 Å². The zero-order valence-electron chi connectivity index (χ0n) is 23.5. The largest absolute Gasteiger partial charge is 0.461 e. The summed E-state index contributed by atoms with van der Waals surface area (Å²) in [5.41, 5.74) is 5.73. The fraction of sp³-hybridized carbons (Fsp3) is 0.536. The summed E-state index contributed by atoms with van der Waals surface area (Å²) in [4.78, 5) is 17.8. The molecule has 43 heavy (non-hydrogen) atoms. The van der Waals surface area contributed by atoms with Gasteiger partial charge in [0.15, 0.2) is 27.8 Å². The Kier molecular flexibility index (Phi) is 6.41. The van der Waals surface area contributed by atoms with Gasteiger partial charge in [-0.15, -0.1) is 0 Å². The first-order valence-electron chi connectivity index (χ1n) is 14.6. The first kappa shape index (κ1) is 27.5. The number of nitrogens with one attached hydrogen (secondary N) is 1. The van der Waals surface area contributed by atoms with E-state index >= 15 is 4.39 Å². The van der Waals surface area contributed by atoms with Crippen molar-refractivity contribution in [2.24, 2.45) is 0 Å². The molecule has 10 nitrogen and oxygen atoms in total. The zero-order valence-corrected chi connectivity index (χ0v) is 25.1. The predicted molar refractivity (Wildman–Crippen MR) is 159 cm³/mol. The number of benzene rings is 1. The monoisotopic (exact) mass is 632 g/mol. The molecule has 0 radical (unpaired) electrons. The lowest BCUT2D eigenvalue weighted by Crippen LogP contribution is -2.52. The van der Waals surface area contributed by atoms with Crippen LogP contribution in [0.2, 0.25) is 0 Å². The van der Waals surface area contributed by atoms with Gasteiger partial charge in [0.05, 0.1) is 21.5 Å². The molecule has 15 heteroatoms. The summed E-state index contributed by atoms with van der Waals surface area (Å²) in [5, 5.41) is 3.72. The molecule has 0 saturated carbocycles. The van der Waals surface area contributed by atoms with Gasteiger partial charge in [0.1, 0.15) is 29.2 Å². The lowest BCUT2D eigenvalue weighted by Gasteiger charge is -2.37. The minimum absolute atomic E-state index is 0.0336. The normalized spacial score (nSPS) is 30.4. The Morgan fingerprint density at radius 3 is 2.77 bits per heavy atom. The molecule has 1 aromatic carbocycles. The Hall–Kier alpha value is -3.01. The molecule has 3 N–H and O–H groups in total. The molecule has 4 fully saturated rings. The number of hydrogen-bond donors (Lipinski definition) is 2. The molecule has 2 bridgehead atoms. The van der Waals surface area contributed by atoms with Crippen LogP contribution in [-0.2, 0) is 11.0 Å². The molecule has 7 heterocycles. The molecular weight excluding hydrogens is 601 g/mol. The maximum absolute atomic E-state index is 16.8. The van der Waals surface area contributed by atoms with Crippen molar-refractivity contribution in [1.29, 1.82) is 0 Å². The second-order valence-electron chi connectivity index (χ2n) is 12.1. The molecular formula is C28H31F3N8O2S2. The average molecular weight is 633 g/mol. The highest BCUT2D eigenvalue weighted by molar-refractivity contribution is 7.83. The molecule has 5 atom stereocenters. The van der Waals surface area contributed by atoms with Crippen LogP contribution in [-0.4, -0.2) is 92.0 Å². The number of piperazine rings is 1. The van der Waals surface area contributed by atoms with Crippen LogP contribution in [0, 0.1) is 5.82 Å². The number of fused-ring (bicyclic) bond motifs is 5. The Morgan fingerprint density at radius 1 is 1.19 bits per heavy atom. The van der Waals surface area contributed by atoms with E-state index in [0.29, 0.717) is 31.9 Å². The van der Waals surface area contributed by atoms with E-state index in [9.17, 15) is 13.0 Å². The third kappa shape index (κ3) is 4.33. The lowest BCUT2D eigenvalue weighted by atomic mass is 9.95. The number of ether oxygens (including phenoxy) is 1. The molecule has 3 aromatic rings. The molecule has 5 aliphatic heterocycles. The molecule has 0 aliphatic carbocycles. The van der Waals surface area contributed by atoms with E-state index in [1.54, 1.807) is 0 Å². The van der Waals surface area contributed by atoms with Crippen molar-refractivity contribution >= 4 is 55.0 Å². The van der Waals surface area contributed by atoms with Crippen molar-refractivity contribution in [2.45, 2.75) is 60.8 Å². The lowest BCUT2D eigenvalue weighted by molar-refractivity contribution is 0.107. The number of nitrogens with two attached hydrogens (primary N) is 1. The van der Waals surface area contributed by atoms with Crippen molar-refractivity contribution in [3.63, 3.8) is 0 Å². The summed E-state index contributed by atoms with van der Waals surface area (Å²) in [6.07, 6.45) is 3.23. The molecule has 2 aromatic heterocycles. The van der Waals surface area contributed by atoms with Crippen molar-refractivity contribution in [1.82, 2.24) is 29.5 Å². The number of nitrogens with zero attached hydrogens (tertiary/aromatic N) is 6. The second-order valence-corrected chi connectivity index (χ2v) is 14.6. The van der Waals surface area contributed by atoms with Gasteiger partial charge in [-0.25, -0.2) is 22.4 Å². The van der Waals surface area contributed by atoms with Crippen LogP contribution in [0.15, 0.2) is 17.0 Å². The summed E-state index contributed by atoms with van der Waals surface area (Å²) in [5.74, 6) is -0.894. The van der Waals surface area contributed by atoms with Crippen molar-refractivity contribution in [3.05, 3.63) is 29.2 Å². The molecule has 0 spiro atoms. The van der Waals surface area contributed by atoms with Gasteiger partial charge in [-0.05, 0) is 44.4 Å². The van der Waals surface area contributed by atoms with Crippen molar-refractivity contribution in [3.8, 4) is 6.01 Å². The van der Waals surface area contributed by atoms with Crippen LogP contribution >= 0.6 is 11.3 Å². The van der Waals surface area contributed by atoms with Crippen LogP contribution < -0.4 is 20.7 Å². The topological polar surface area (TPSA) is 113 Å². The Bertz CT molecular complexity index is 1690. The number of alkyl halides is 1. The highest BCUT2D eigenvalue weighted by Gasteiger charge is 2.49. The van der Waals surface area contributed by atoms with Crippen LogP contribution in [0.5, 0.6) is 6.01 Å². The summed E-state index contributed by atoms with van der Waals surface area (Å²) in [6.45, 7) is 2.61. The van der Waals surface area contributed by atoms with Gasteiger partial charge in [0, 0.05) is 50.7 Å². The first-order valence-corrected chi connectivity index (χ1v) is 16.5. The maximum Gasteiger partial charge on any atom is 0.319 e. The number of hydrogen-bond acceptors (Lipinski definition) is 10. The minimum Gasteiger partial charge on any atom is -0.461 e. The first-order chi connectivity index (χ1) is 20.7. The number of rotatable bonds is 5. The molecule has 5 aliphatic rings. The minimum atomic E-state index is -1.91. The standard InChI is InChI=1S/C28H31F3N8O2S2/c1-37-22(17-5-6-18(30)23-20(17)34-26(32)42-23)19(31)21-24(43(37)40)25(38-11-15-3-4-16(12-38)33-15)36-27(35-21)41-13-28-7-2-8-39(28)10-14(29)9-28/h5-6,14-16,33H,2-4,7-13H2,1H3,(H2,32,34)/t14?,15?,16?,28-,43?/m0/s1. The average Bonchev–Trinajstić information content (AvgIpc) is 3.73. The zero-order chi connectivity index (χ0) is 29.6. The third-order valence-electron chi connectivity index (χ3n) is 9.50. The van der Waals surface area contributed by atoms with E-state index in [0.717, 1.165) is 43.6 Å². The van der Waals surface area contributed by atoms with Gasteiger partial charge >= 0.3 is 6.01 Å². The van der Waals surface area contributed by atoms with E-state index in [4.69, 9.17) is 15.5 Å². The Morgan fingerprint density at radius 2 is 1.98 bits per heavy atom.